The van der Waals surface area contributed by atoms with Crippen LogP contribution < -0.4 is 14.8 Å². The standard InChI is InChI=1S/C16H19FN2O2/c1-11-6-14(20-3)8-13(19-11)10-21-16-5-4-12(9-18-2)7-15(16)17/h4-8,18H,9-10H2,1-3H3. The topological polar surface area (TPSA) is 43.4 Å². The van der Waals surface area contributed by atoms with Crippen LogP contribution in [0.1, 0.15) is 17.0 Å². The quantitative estimate of drug-likeness (QED) is 0.888. The molecule has 0 saturated heterocycles. The zero-order chi connectivity index (χ0) is 15.2. The van der Waals surface area contributed by atoms with Crippen LogP contribution in [0.25, 0.3) is 0 Å². The number of pyridine rings is 1. The Hall–Kier alpha value is -2.14. The molecule has 2 rings (SSSR count). The number of ether oxygens (including phenoxy) is 2. The van der Waals surface area contributed by atoms with Gasteiger partial charge in [-0.3, -0.25) is 4.98 Å². The number of halogens is 1. The zero-order valence-corrected chi connectivity index (χ0v) is 12.4. The van der Waals surface area contributed by atoms with E-state index in [4.69, 9.17) is 9.47 Å². The lowest BCUT2D eigenvalue weighted by Crippen LogP contribution is -2.06. The van der Waals surface area contributed by atoms with E-state index in [9.17, 15) is 4.39 Å². The van der Waals surface area contributed by atoms with Crippen LogP contribution in [-0.4, -0.2) is 19.1 Å². The highest BCUT2D eigenvalue weighted by Crippen LogP contribution is 2.20. The Kier molecular flexibility index (Phi) is 5.11. The Balaban J connectivity index is 2.07. The zero-order valence-electron chi connectivity index (χ0n) is 12.4. The summed E-state index contributed by atoms with van der Waals surface area (Å²) in [6.07, 6.45) is 0. The highest BCUT2D eigenvalue weighted by molar-refractivity contribution is 5.30. The number of hydrogen-bond acceptors (Lipinski definition) is 4. The fraction of sp³-hybridized carbons (Fsp3) is 0.312. The van der Waals surface area contributed by atoms with Gasteiger partial charge in [0, 0.05) is 24.4 Å². The van der Waals surface area contributed by atoms with Crippen molar-refractivity contribution in [3.63, 3.8) is 0 Å². The van der Waals surface area contributed by atoms with Crippen molar-refractivity contribution < 1.29 is 13.9 Å². The number of hydrogen-bond donors (Lipinski definition) is 1. The number of nitrogens with zero attached hydrogens (tertiary/aromatic N) is 1. The maximum absolute atomic E-state index is 13.9. The third-order valence-electron chi connectivity index (χ3n) is 2.97. The Morgan fingerprint density at radius 1 is 1.24 bits per heavy atom. The van der Waals surface area contributed by atoms with Crippen LogP contribution >= 0.6 is 0 Å². The lowest BCUT2D eigenvalue weighted by Gasteiger charge is -2.10. The van der Waals surface area contributed by atoms with Gasteiger partial charge >= 0.3 is 0 Å². The minimum Gasteiger partial charge on any atom is -0.497 e. The summed E-state index contributed by atoms with van der Waals surface area (Å²) in [5.74, 6) is 0.561. The van der Waals surface area contributed by atoms with E-state index >= 15 is 0 Å². The Morgan fingerprint density at radius 2 is 2.05 bits per heavy atom. The molecule has 1 aromatic heterocycles. The van der Waals surface area contributed by atoms with E-state index in [0.717, 1.165) is 11.3 Å². The molecule has 0 fully saturated rings. The van der Waals surface area contributed by atoms with Crippen molar-refractivity contribution in [2.75, 3.05) is 14.2 Å². The molecule has 112 valence electrons. The van der Waals surface area contributed by atoms with Gasteiger partial charge in [0.05, 0.1) is 12.8 Å². The maximum atomic E-state index is 13.9. The molecule has 2 aromatic rings. The Morgan fingerprint density at radius 3 is 2.71 bits per heavy atom. The molecule has 4 nitrogen and oxygen atoms in total. The minimum absolute atomic E-state index is 0.195. The molecule has 0 unspecified atom stereocenters. The normalized spacial score (nSPS) is 10.5. The van der Waals surface area contributed by atoms with Crippen LogP contribution in [0.5, 0.6) is 11.5 Å². The van der Waals surface area contributed by atoms with Gasteiger partial charge in [0.1, 0.15) is 12.4 Å². The van der Waals surface area contributed by atoms with Gasteiger partial charge in [-0.25, -0.2) is 4.39 Å². The summed E-state index contributed by atoms with van der Waals surface area (Å²) in [4.78, 5) is 4.34. The van der Waals surface area contributed by atoms with Crippen molar-refractivity contribution in [1.82, 2.24) is 10.3 Å². The summed E-state index contributed by atoms with van der Waals surface area (Å²) >= 11 is 0. The van der Waals surface area contributed by atoms with E-state index in [2.05, 4.69) is 10.3 Å². The van der Waals surface area contributed by atoms with Crippen LogP contribution in [0.15, 0.2) is 30.3 Å². The smallest absolute Gasteiger partial charge is 0.165 e. The van der Waals surface area contributed by atoms with Gasteiger partial charge in [-0.1, -0.05) is 6.07 Å². The molecule has 0 saturated carbocycles. The summed E-state index contributed by atoms with van der Waals surface area (Å²) < 4.78 is 24.6. The summed E-state index contributed by atoms with van der Waals surface area (Å²) in [5, 5.41) is 2.98. The van der Waals surface area contributed by atoms with Gasteiger partial charge in [-0.05, 0) is 31.7 Å². The largest absolute Gasteiger partial charge is 0.497 e. The van der Waals surface area contributed by atoms with E-state index in [1.54, 1.807) is 19.2 Å². The molecule has 1 aromatic carbocycles. The summed E-state index contributed by atoms with van der Waals surface area (Å²) in [7, 11) is 3.42. The van der Waals surface area contributed by atoms with Gasteiger partial charge in [-0.2, -0.15) is 0 Å². The molecule has 0 atom stereocenters. The van der Waals surface area contributed by atoms with Crippen molar-refractivity contribution in [2.24, 2.45) is 0 Å². The second kappa shape index (κ2) is 7.04. The average Bonchev–Trinajstić information content (AvgIpc) is 2.46. The molecule has 0 radical (unpaired) electrons. The van der Waals surface area contributed by atoms with Gasteiger partial charge in [0.25, 0.3) is 0 Å². The van der Waals surface area contributed by atoms with Crippen molar-refractivity contribution in [3.8, 4) is 11.5 Å². The molecule has 0 aliphatic heterocycles. The molecule has 0 spiro atoms. The van der Waals surface area contributed by atoms with Crippen LogP contribution in [-0.2, 0) is 13.2 Å². The van der Waals surface area contributed by atoms with Gasteiger partial charge in [-0.15, -0.1) is 0 Å². The number of benzene rings is 1. The van der Waals surface area contributed by atoms with Crippen molar-refractivity contribution in [2.45, 2.75) is 20.1 Å². The van der Waals surface area contributed by atoms with E-state index in [1.165, 1.54) is 6.07 Å². The first-order valence-electron chi connectivity index (χ1n) is 6.69. The molecule has 1 heterocycles. The third-order valence-corrected chi connectivity index (χ3v) is 2.97. The van der Waals surface area contributed by atoms with E-state index in [1.807, 2.05) is 26.1 Å². The van der Waals surface area contributed by atoms with Crippen molar-refractivity contribution in [1.29, 1.82) is 0 Å². The first-order chi connectivity index (χ1) is 10.1. The monoisotopic (exact) mass is 290 g/mol. The fourth-order valence-corrected chi connectivity index (χ4v) is 2.02. The fourth-order valence-electron chi connectivity index (χ4n) is 2.02. The molecule has 0 bridgehead atoms. The predicted octanol–water partition coefficient (Wildman–Crippen LogP) is 2.84. The summed E-state index contributed by atoms with van der Waals surface area (Å²) in [6.45, 7) is 2.69. The van der Waals surface area contributed by atoms with Crippen LogP contribution in [0, 0.1) is 12.7 Å². The van der Waals surface area contributed by atoms with Crippen molar-refractivity contribution >= 4 is 0 Å². The number of methoxy groups -OCH3 is 1. The SMILES string of the molecule is CNCc1ccc(OCc2cc(OC)cc(C)n2)c(F)c1. The first kappa shape index (κ1) is 15.3. The van der Waals surface area contributed by atoms with Gasteiger partial charge in [0.2, 0.25) is 0 Å². The lowest BCUT2D eigenvalue weighted by molar-refractivity contribution is 0.284. The molecule has 1 N–H and O–H groups in total. The number of aromatic nitrogens is 1. The Bertz CT molecular complexity index is 617. The highest BCUT2D eigenvalue weighted by Gasteiger charge is 2.07. The molecule has 5 heteroatoms. The number of nitrogens with one attached hydrogen (secondary N) is 1. The molecular formula is C16H19FN2O2. The van der Waals surface area contributed by atoms with E-state index in [0.29, 0.717) is 18.0 Å². The first-order valence-corrected chi connectivity index (χ1v) is 6.69. The van der Waals surface area contributed by atoms with E-state index in [-0.39, 0.29) is 18.2 Å². The molecule has 21 heavy (non-hydrogen) atoms. The molecule has 0 amide bonds. The summed E-state index contributed by atoms with van der Waals surface area (Å²) in [6, 6.07) is 8.54. The number of aryl methyl sites for hydroxylation is 1. The molecule has 0 aliphatic carbocycles. The predicted molar refractivity (Wildman–Crippen MR) is 79.0 cm³/mol. The highest BCUT2D eigenvalue weighted by atomic mass is 19.1. The second-order valence-electron chi connectivity index (χ2n) is 4.72. The van der Waals surface area contributed by atoms with Gasteiger partial charge in [0.15, 0.2) is 11.6 Å². The Labute approximate surface area is 123 Å². The van der Waals surface area contributed by atoms with Crippen molar-refractivity contribution in [3.05, 3.63) is 53.1 Å². The van der Waals surface area contributed by atoms with Crippen LogP contribution in [0.3, 0.4) is 0 Å². The second-order valence-corrected chi connectivity index (χ2v) is 4.72. The van der Waals surface area contributed by atoms with E-state index < -0.39 is 0 Å². The maximum Gasteiger partial charge on any atom is 0.165 e. The third kappa shape index (κ3) is 4.16. The molecular weight excluding hydrogens is 271 g/mol. The van der Waals surface area contributed by atoms with Crippen LogP contribution in [0.4, 0.5) is 4.39 Å². The number of rotatable bonds is 6. The minimum atomic E-state index is -0.373. The lowest BCUT2D eigenvalue weighted by atomic mass is 10.2. The average molecular weight is 290 g/mol. The van der Waals surface area contributed by atoms with Gasteiger partial charge < -0.3 is 14.8 Å². The summed E-state index contributed by atoms with van der Waals surface area (Å²) in [5.41, 5.74) is 2.40. The molecule has 0 aliphatic rings. The van der Waals surface area contributed by atoms with Crippen LogP contribution in [0.2, 0.25) is 0 Å².